The number of nitrogens with zero attached hydrogens (tertiary/aromatic N) is 1. The quantitative estimate of drug-likeness (QED) is 0.791. The molecule has 19 heavy (non-hydrogen) atoms. The molecule has 3 nitrogen and oxygen atoms in total. The lowest BCUT2D eigenvalue weighted by Crippen LogP contribution is -2.42. The number of methoxy groups -OCH3 is 2. The molecule has 1 heterocycles. The highest BCUT2D eigenvalue weighted by molar-refractivity contribution is 6.76. The van der Waals surface area contributed by atoms with Crippen molar-refractivity contribution in [3.05, 3.63) is 23.3 Å². The van der Waals surface area contributed by atoms with Crippen molar-refractivity contribution < 1.29 is 9.47 Å². The average Bonchev–Trinajstić information content (AvgIpc) is 2.35. The Morgan fingerprint density at radius 2 is 1.63 bits per heavy atom. The molecule has 2 rings (SSSR count). The number of benzene rings is 1. The molecule has 0 atom stereocenters. The number of rotatable bonds is 4. The molecule has 0 spiro atoms. The monoisotopic (exact) mass is 279 g/mol. The Bertz CT molecular complexity index is 454. The van der Waals surface area contributed by atoms with Crippen LogP contribution in [0.15, 0.2) is 12.1 Å². The maximum atomic E-state index is 5.40. The van der Waals surface area contributed by atoms with Crippen LogP contribution in [0.25, 0.3) is 0 Å². The van der Waals surface area contributed by atoms with Crippen LogP contribution >= 0.6 is 0 Å². The summed E-state index contributed by atoms with van der Waals surface area (Å²) in [6.45, 7) is 9.48. The van der Waals surface area contributed by atoms with Gasteiger partial charge in [-0.3, -0.25) is 0 Å². The van der Waals surface area contributed by atoms with Gasteiger partial charge in [-0.05, 0) is 35.8 Å². The first-order valence-electron chi connectivity index (χ1n) is 6.89. The molecular weight excluding hydrogens is 254 g/mol. The van der Waals surface area contributed by atoms with Gasteiger partial charge in [-0.1, -0.05) is 19.6 Å². The topological polar surface area (TPSA) is 21.7 Å². The van der Waals surface area contributed by atoms with E-state index in [9.17, 15) is 0 Å². The van der Waals surface area contributed by atoms with Crippen LogP contribution in [0.2, 0.25) is 19.6 Å². The first-order chi connectivity index (χ1) is 8.93. The highest BCUT2D eigenvalue weighted by atomic mass is 28.3. The van der Waals surface area contributed by atoms with E-state index in [0.29, 0.717) is 0 Å². The van der Waals surface area contributed by atoms with Gasteiger partial charge >= 0.3 is 0 Å². The van der Waals surface area contributed by atoms with Gasteiger partial charge in [0.05, 0.1) is 22.3 Å². The molecule has 0 saturated carbocycles. The summed E-state index contributed by atoms with van der Waals surface area (Å²) in [7, 11) is 2.36. The zero-order valence-corrected chi connectivity index (χ0v) is 13.7. The molecule has 4 heteroatoms. The number of hydrogen-bond acceptors (Lipinski definition) is 3. The molecule has 0 aromatic heterocycles. The van der Waals surface area contributed by atoms with Crippen molar-refractivity contribution in [1.29, 1.82) is 0 Å². The van der Waals surface area contributed by atoms with Crippen molar-refractivity contribution in [2.75, 3.05) is 26.9 Å². The van der Waals surface area contributed by atoms with Crippen LogP contribution in [0.3, 0.4) is 0 Å². The molecule has 0 amide bonds. The van der Waals surface area contributed by atoms with Crippen LogP contribution in [-0.2, 0) is 13.0 Å². The second-order valence-electron chi connectivity index (χ2n) is 6.50. The second-order valence-corrected chi connectivity index (χ2v) is 11.9. The lowest BCUT2D eigenvalue weighted by atomic mass is 9.99. The summed E-state index contributed by atoms with van der Waals surface area (Å²) in [5.74, 6) is 1.69. The highest BCUT2D eigenvalue weighted by Gasteiger charge is 2.23. The molecule has 1 aromatic rings. The van der Waals surface area contributed by atoms with Crippen LogP contribution in [-0.4, -0.2) is 39.9 Å². The maximum Gasteiger partial charge on any atom is 0.161 e. The van der Waals surface area contributed by atoms with Crippen LogP contribution < -0.4 is 9.47 Å². The van der Waals surface area contributed by atoms with Gasteiger partial charge < -0.3 is 14.4 Å². The SMILES string of the molecule is COc1cc2c(cc1OC)CN(C[Si](C)(C)C)CC2. The standard InChI is InChI=1S/C15H25NO2Si/c1-17-14-8-12-6-7-16(11-19(3,4)5)10-13(12)9-15(14)18-2/h8-9H,6-7,10-11H2,1-5H3. The Kier molecular flexibility index (Phi) is 4.21. The van der Waals surface area contributed by atoms with Gasteiger partial charge in [0, 0.05) is 13.1 Å². The Balaban J connectivity index is 2.20. The van der Waals surface area contributed by atoms with Crippen molar-refractivity contribution >= 4 is 8.07 Å². The summed E-state index contributed by atoms with van der Waals surface area (Å²) < 4.78 is 10.8. The summed E-state index contributed by atoms with van der Waals surface area (Å²) in [5.41, 5.74) is 2.80. The fourth-order valence-corrected chi connectivity index (χ4v) is 4.36. The van der Waals surface area contributed by atoms with E-state index >= 15 is 0 Å². The van der Waals surface area contributed by atoms with E-state index in [4.69, 9.17) is 9.47 Å². The Hall–Kier alpha value is -1.00. The van der Waals surface area contributed by atoms with Crippen LogP contribution in [0.4, 0.5) is 0 Å². The van der Waals surface area contributed by atoms with E-state index in [1.54, 1.807) is 14.2 Å². The van der Waals surface area contributed by atoms with Crippen molar-refractivity contribution in [2.45, 2.75) is 32.6 Å². The summed E-state index contributed by atoms with van der Waals surface area (Å²) in [5, 5.41) is 0. The lowest BCUT2D eigenvalue weighted by molar-refractivity contribution is 0.288. The molecule has 0 saturated heterocycles. The van der Waals surface area contributed by atoms with Gasteiger partial charge in [0.15, 0.2) is 11.5 Å². The predicted molar refractivity (Wildman–Crippen MR) is 81.9 cm³/mol. The zero-order valence-electron chi connectivity index (χ0n) is 12.7. The number of ether oxygens (including phenoxy) is 2. The van der Waals surface area contributed by atoms with Crippen LogP contribution in [0, 0.1) is 0 Å². The largest absolute Gasteiger partial charge is 0.493 e. The molecule has 1 aromatic carbocycles. The van der Waals surface area contributed by atoms with Gasteiger partial charge in [-0.15, -0.1) is 0 Å². The third kappa shape index (κ3) is 3.51. The van der Waals surface area contributed by atoms with Gasteiger partial charge in [-0.25, -0.2) is 0 Å². The van der Waals surface area contributed by atoms with Gasteiger partial charge in [0.1, 0.15) is 0 Å². The number of hydrogen-bond donors (Lipinski definition) is 0. The second kappa shape index (κ2) is 5.55. The lowest BCUT2D eigenvalue weighted by Gasteiger charge is -2.33. The summed E-state index contributed by atoms with van der Waals surface area (Å²) in [6, 6.07) is 4.28. The van der Waals surface area contributed by atoms with E-state index in [1.165, 1.54) is 17.3 Å². The van der Waals surface area contributed by atoms with E-state index in [0.717, 1.165) is 31.0 Å². The normalized spacial score (nSPS) is 16.1. The van der Waals surface area contributed by atoms with Gasteiger partial charge in [-0.2, -0.15) is 0 Å². The summed E-state index contributed by atoms with van der Waals surface area (Å²) in [6.07, 6.45) is 2.38. The molecule has 0 N–H and O–H groups in total. The molecule has 0 bridgehead atoms. The number of fused-ring (bicyclic) bond motifs is 1. The van der Waals surface area contributed by atoms with E-state index < -0.39 is 8.07 Å². The van der Waals surface area contributed by atoms with Crippen molar-refractivity contribution in [3.63, 3.8) is 0 Å². The molecule has 0 aliphatic carbocycles. The van der Waals surface area contributed by atoms with Crippen molar-refractivity contribution in [3.8, 4) is 11.5 Å². The first kappa shape index (κ1) is 14.4. The summed E-state index contributed by atoms with van der Waals surface area (Å²) >= 11 is 0. The maximum absolute atomic E-state index is 5.40. The molecule has 0 fully saturated rings. The minimum atomic E-state index is -1.04. The van der Waals surface area contributed by atoms with Crippen molar-refractivity contribution in [2.24, 2.45) is 0 Å². The Morgan fingerprint density at radius 1 is 1.05 bits per heavy atom. The van der Waals surface area contributed by atoms with Gasteiger partial charge in [0.2, 0.25) is 0 Å². The minimum Gasteiger partial charge on any atom is -0.493 e. The van der Waals surface area contributed by atoms with Crippen LogP contribution in [0.5, 0.6) is 11.5 Å². The van der Waals surface area contributed by atoms with E-state index in [2.05, 4.69) is 36.7 Å². The predicted octanol–water partition coefficient (Wildman–Crippen LogP) is 2.94. The van der Waals surface area contributed by atoms with E-state index in [1.807, 2.05) is 0 Å². The van der Waals surface area contributed by atoms with Crippen LogP contribution in [0.1, 0.15) is 11.1 Å². The molecule has 106 valence electrons. The van der Waals surface area contributed by atoms with E-state index in [-0.39, 0.29) is 0 Å². The molecule has 0 radical (unpaired) electrons. The Labute approximate surface area is 117 Å². The fourth-order valence-electron chi connectivity index (χ4n) is 2.75. The zero-order chi connectivity index (χ0) is 14.0. The Morgan fingerprint density at radius 3 is 2.16 bits per heavy atom. The molecule has 1 aliphatic rings. The molecule has 0 unspecified atom stereocenters. The molecule has 1 aliphatic heterocycles. The third-order valence-corrected chi connectivity index (χ3v) is 4.89. The third-order valence-electron chi connectivity index (χ3n) is 3.50. The van der Waals surface area contributed by atoms with Crippen molar-refractivity contribution in [1.82, 2.24) is 4.90 Å². The minimum absolute atomic E-state index is 0.844. The summed E-state index contributed by atoms with van der Waals surface area (Å²) in [4.78, 5) is 2.58. The molecular formula is C15H25NO2Si. The highest BCUT2D eigenvalue weighted by Crippen LogP contribution is 2.33. The first-order valence-corrected chi connectivity index (χ1v) is 10.6. The smallest absolute Gasteiger partial charge is 0.161 e. The van der Waals surface area contributed by atoms with Gasteiger partial charge in [0.25, 0.3) is 0 Å². The average molecular weight is 279 g/mol. The fraction of sp³-hybridized carbons (Fsp3) is 0.600.